The first-order valence-electron chi connectivity index (χ1n) is 5.12. The van der Waals surface area contributed by atoms with Gasteiger partial charge in [0.05, 0.1) is 24.4 Å². The summed E-state index contributed by atoms with van der Waals surface area (Å²) >= 11 is 11.6. The maximum atomic E-state index is 13.2. The molecule has 0 saturated carbocycles. The van der Waals surface area contributed by atoms with Crippen LogP contribution in [-0.2, 0) is 6.54 Å². The molecule has 0 atom stereocenters. The Hall–Kier alpha value is -1.90. The summed E-state index contributed by atoms with van der Waals surface area (Å²) in [5, 5.41) is 9.23. The summed E-state index contributed by atoms with van der Waals surface area (Å²) in [5.41, 5.74) is -0.105. The van der Waals surface area contributed by atoms with Crippen LogP contribution in [0.1, 0.15) is 11.1 Å². The van der Waals surface area contributed by atoms with Gasteiger partial charge in [-0.2, -0.15) is 9.65 Å². The Morgan fingerprint density at radius 1 is 1.42 bits per heavy atom. The third-order valence-electron chi connectivity index (χ3n) is 2.47. The molecule has 0 unspecified atom stereocenters. The van der Waals surface area contributed by atoms with Crippen LogP contribution in [0.25, 0.3) is 0 Å². The van der Waals surface area contributed by atoms with Crippen LogP contribution in [0.2, 0.25) is 10.3 Å². The maximum absolute atomic E-state index is 13.2. The molecule has 19 heavy (non-hydrogen) atoms. The first kappa shape index (κ1) is 13.5. The van der Waals surface area contributed by atoms with Gasteiger partial charge in [0.15, 0.2) is 0 Å². The molecule has 0 aliphatic rings. The summed E-state index contributed by atoms with van der Waals surface area (Å²) in [6.45, 7) is -0.0775. The van der Waals surface area contributed by atoms with Crippen LogP contribution >= 0.6 is 23.2 Å². The molecule has 1 heterocycles. The van der Waals surface area contributed by atoms with E-state index in [2.05, 4.69) is 4.98 Å². The Morgan fingerprint density at radius 3 is 2.84 bits per heavy atom. The molecule has 0 spiro atoms. The minimum absolute atomic E-state index is 0.0775. The minimum atomic E-state index is -1.01. The second-order valence-corrected chi connectivity index (χ2v) is 4.45. The highest BCUT2D eigenvalue weighted by Gasteiger charge is 2.11. The van der Waals surface area contributed by atoms with Gasteiger partial charge in [-0.15, -0.1) is 0 Å². The topological polar surface area (TPSA) is 58.7 Å². The van der Waals surface area contributed by atoms with E-state index < -0.39 is 11.4 Å². The molecule has 0 aliphatic carbocycles. The summed E-state index contributed by atoms with van der Waals surface area (Å²) in [6, 6.07) is 6.56. The van der Waals surface area contributed by atoms with Crippen molar-refractivity contribution >= 4 is 23.2 Å². The van der Waals surface area contributed by atoms with Gasteiger partial charge in [-0.05, 0) is 35.4 Å². The molecule has 0 aliphatic heterocycles. The van der Waals surface area contributed by atoms with E-state index in [-0.39, 0.29) is 11.8 Å². The third kappa shape index (κ3) is 2.75. The zero-order chi connectivity index (χ0) is 14.0. The fourth-order valence-electron chi connectivity index (χ4n) is 1.56. The molecule has 0 saturated heterocycles. The van der Waals surface area contributed by atoms with Gasteiger partial charge in [-0.3, -0.25) is 9.36 Å². The highest BCUT2D eigenvalue weighted by Crippen LogP contribution is 2.17. The van der Waals surface area contributed by atoms with Gasteiger partial charge < -0.3 is 0 Å². The van der Waals surface area contributed by atoms with Crippen LogP contribution in [0.15, 0.2) is 29.2 Å². The van der Waals surface area contributed by atoms with Crippen molar-refractivity contribution < 1.29 is 4.39 Å². The van der Waals surface area contributed by atoms with Crippen molar-refractivity contribution in [2.75, 3.05) is 0 Å². The van der Waals surface area contributed by atoms with Crippen molar-refractivity contribution in [1.29, 1.82) is 5.26 Å². The Bertz CT molecular complexity index is 737. The molecule has 2 aromatic rings. The quantitative estimate of drug-likeness (QED) is 0.801. The Kier molecular flexibility index (Phi) is 3.84. The van der Waals surface area contributed by atoms with Crippen LogP contribution < -0.4 is 5.56 Å². The molecule has 1 aromatic carbocycles. The van der Waals surface area contributed by atoms with Crippen molar-refractivity contribution in [2.45, 2.75) is 6.54 Å². The van der Waals surface area contributed by atoms with E-state index in [9.17, 15) is 9.18 Å². The number of hydrogen-bond acceptors (Lipinski definition) is 3. The van der Waals surface area contributed by atoms with Crippen molar-refractivity contribution in [3.05, 3.63) is 62.0 Å². The summed E-state index contributed by atoms with van der Waals surface area (Å²) in [4.78, 5) is 15.2. The molecule has 1 aromatic heterocycles. The van der Waals surface area contributed by atoms with Crippen LogP contribution in [0.4, 0.5) is 4.39 Å². The average Bonchev–Trinajstić information content (AvgIpc) is 2.39. The van der Waals surface area contributed by atoms with Gasteiger partial charge in [0, 0.05) is 5.02 Å². The second kappa shape index (κ2) is 5.39. The molecule has 0 amide bonds. The molecule has 4 nitrogen and oxygen atoms in total. The summed E-state index contributed by atoms with van der Waals surface area (Å²) < 4.78 is 14.1. The largest absolute Gasteiger partial charge is 0.290 e. The van der Waals surface area contributed by atoms with Gasteiger partial charge in [0.2, 0.25) is 11.1 Å². The molecule has 0 radical (unpaired) electrons. The van der Waals surface area contributed by atoms with Gasteiger partial charge >= 0.3 is 0 Å². The van der Waals surface area contributed by atoms with Crippen molar-refractivity contribution in [3.63, 3.8) is 0 Å². The van der Waals surface area contributed by atoms with Crippen LogP contribution in [0.5, 0.6) is 0 Å². The molecular formula is C12H6Cl2FN3O. The summed E-state index contributed by atoms with van der Waals surface area (Å²) in [7, 11) is 0. The minimum Gasteiger partial charge on any atom is -0.276 e. The van der Waals surface area contributed by atoms with Crippen molar-refractivity contribution in [2.24, 2.45) is 0 Å². The third-order valence-corrected chi connectivity index (χ3v) is 3.01. The van der Waals surface area contributed by atoms with Gasteiger partial charge in [0.1, 0.15) is 0 Å². The predicted octanol–water partition coefficient (Wildman–Crippen LogP) is 2.61. The number of benzene rings is 1. The van der Waals surface area contributed by atoms with E-state index in [0.29, 0.717) is 16.1 Å². The van der Waals surface area contributed by atoms with Crippen molar-refractivity contribution in [1.82, 2.24) is 9.55 Å². The first-order chi connectivity index (χ1) is 9.02. The molecule has 0 bridgehead atoms. The highest BCUT2D eigenvalue weighted by molar-refractivity contribution is 6.30. The molecule has 96 valence electrons. The SMILES string of the molecule is N#Cc1ccc(Cl)cc1Cn1c(Cl)ncc(F)c1=O. The van der Waals surface area contributed by atoms with Crippen LogP contribution in [0, 0.1) is 17.1 Å². The molecular weight excluding hydrogens is 292 g/mol. The standard InChI is InChI=1S/C12H6Cl2FN3O/c13-9-2-1-7(4-16)8(3-9)6-18-11(19)10(15)5-17-12(18)14/h1-3,5H,6H2. The lowest BCUT2D eigenvalue weighted by Crippen LogP contribution is -2.25. The lowest BCUT2D eigenvalue weighted by molar-refractivity contribution is 0.568. The second-order valence-electron chi connectivity index (χ2n) is 3.68. The first-order valence-corrected chi connectivity index (χ1v) is 5.88. The fraction of sp³-hybridized carbons (Fsp3) is 0.0833. The smallest absolute Gasteiger partial charge is 0.276 e. The van der Waals surface area contributed by atoms with Gasteiger partial charge in [0.25, 0.3) is 5.56 Å². The fourth-order valence-corrected chi connectivity index (χ4v) is 1.94. The van der Waals surface area contributed by atoms with Gasteiger partial charge in [-0.1, -0.05) is 11.6 Å². The average molecular weight is 298 g/mol. The van der Waals surface area contributed by atoms with E-state index in [1.165, 1.54) is 12.1 Å². The molecule has 2 rings (SSSR count). The maximum Gasteiger partial charge on any atom is 0.290 e. The number of nitriles is 1. The van der Waals surface area contributed by atoms with E-state index in [1.807, 2.05) is 6.07 Å². The molecule has 7 heteroatoms. The monoisotopic (exact) mass is 297 g/mol. The number of halogens is 3. The summed E-state index contributed by atoms with van der Waals surface area (Å²) in [6.07, 6.45) is 0.754. The number of nitrogens with zero attached hydrogens (tertiary/aromatic N) is 3. The van der Waals surface area contributed by atoms with E-state index in [1.54, 1.807) is 6.07 Å². The van der Waals surface area contributed by atoms with E-state index >= 15 is 0 Å². The van der Waals surface area contributed by atoms with Gasteiger partial charge in [-0.25, -0.2) is 4.98 Å². The number of rotatable bonds is 2. The van der Waals surface area contributed by atoms with Crippen LogP contribution in [0.3, 0.4) is 0 Å². The zero-order valence-electron chi connectivity index (χ0n) is 9.40. The zero-order valence-corrected chi connectivity index (χ0v) is 10.9. The summed E-state index contributed by atoms with van der Waals surface area (Å²) in [5.74, 6) is -1.01. The Balaban J connectivity index is 2.54. The van der Waals surface area contributed by atoms with E-state index in [4.69, 9.17) is 28.5 Å². The lowest BCUT2D eigenvalue weighted by Gasteiger charge is -2.09. The Morgan fingerprint density at radius 2 is 2.16 bits per heavy atom. The van der Waals surface area contributed by atoms with Crippen LogP contribution in [-0.4, -0.2) is 9.55 Å². The molecule has 0 N–H and O–H groups in total. The lowest BCUT2D eigenvalue weighted by atomic mass is 10.1. The van der Waals surface area contributed by atoms with E-state index in [0.717, 1.165) is 10.8 Å². The predicted molar refractivity (Wildman–Crippen MR) is 68.7 cm³/mol. The normalized spacial score (nSPS) is 10.2. The highest BCUT2D eigenvalue weighted by atomic mass is 35.5. The number of aromatic nitrogens is 2. The van der Waals surface area contributed by atoms with Crippen molar-refractivity contribution in [3.8, 4) is 6.07 Å². The number of hydrogen-bond donors (Lipinski definition) is 0. The Labute approximate surface area is 117 Å². The molecule has 0 fully saturated rings.